The molecule has 0 amide bonds. The third-order valence-electron chi connectivity index (χ3n) is 7.58. The molecule has 2 atom stereocenters. The minimum Gasteiger partial charge on any atom is -0.493 e. The van der Waals surface area contributed by atoms with Crippen molar-refractivity contribution in [3.8, 4) is 17.2 Å². The maximum absolute atomic E-state index is 6.53. The van der Waals surface area contributed by atoms with Crippen molar-refractivity contribution in [2.24, 2.45) is 0 Å². The smallest absolute Gasteiger partial charge is 0.142 e. The molecule has 2 aliphatic heterocycles. The molecular weight excluding hydrogens is 540 g/mol. The summed E-state index contributed by atoms with van der Waals surface area (Å²) in [4.78, 5) is 2.39. The van der Waals surface area contributed by atoms with Gasteiger partial charge in [0.15, 0.2) is 0 Å². The van der Waals surface area contributed by atoms with Crippen molar-refractivity contribution in [2.45, 2.75) is 37.9 Å². The number of hydrogen-bond donors (Lipinski definition) is 1. The van der Waals surface area contributed by atoms with Crippen LogP contribution in [-0.2, 0) is 16.1 Å². The summed E-state index contributed by atoms with van der Waals surface area (Å²) in [6.45, 7) is 6.90. The zero-order valence-electron chi connectivity index (χ0n) is 23.9. The van der Waals surface area contributed by atoms with Gasteiger partial charge in [-0.2, -0.15) is 0 Å². The van der Waals surface area contributed by atoms with E-state index in [4.69, 9.17) is 35.3 Å². The molecule has 3 aromatic carbocycles. The highest BCUT2D eigenvalue weighted by Gasteiger charge is 2.27. The number of nitrogens with zero attached hydrogens (tertiary/aromatic N) is 1. The molecule has 3 aromatic rings. The van der Waals surface area contributed by atoms with Gasteiger partial charge in [-0.1, -0.05) is 35.9 Å². The Morgan fingerprint density at radius 2 is 1.80 bits per heavy atom. The SMILES string of the molecule is COCCCN1CCOc2ccc(CO[C@H]3CNCC[C@@H]3c3ccc(OCCCOc4cccc(Cl)c4)cc3)cc21. The molecule has 0 bridgehead atoms. The molecule has 0 aromatic heterocycles. The van der Waals surface area contributed by atoms with Crippen molar-refractivity contribution in [1.82, 2.24) is 5.32 Å². The predicted molar refractivity (Wildman–Crippen MR) is 163 cm³/mol. The Morgan fingerprint density at radius 3 is 2.63 bits per heavy atom. The van der Waals surface area contributed by atoms with Crippen LogP contribution in [0.2, 0.25) is 5.02 Å². The lowest BCUT2D eigenvalue weighted by molar-refractivity contribution is 0.0106. The summed E-state index contributed by atoms with van der Waals surface area (Å²) in [7, 11) is 1.75. The number of halogens is 1. The molecule has 0 unspecified atom stereocenters. The number of anilines is 1. The molecule has 5 rings (SSSR count). The normalized spacial score (nSPS) is 18.4. The molecule has 0 spiro atoms. The summed E-state index contributed by atoms with van der Waals surface area (Å²) in [5.74, 6) is 2.93. The van der Waals surface area contributed by atoms with Gasteiger partial charge in [0, 0.05) is 44.2 Å². The van der Waals surface area contributed by atoms with E-state index in [0.717, 1.165) is 75.0 Å². The number of benzene rings is 3. The molecule has 41 heavy (non-hydrogen) atoms. The van der Waals surface area contributed by atoms with Crippen LogP contribution in [0.25, 0.3) is 0 Å². The van der Waals surface area contributed by atoms with Crippen molar-refractivity contribution < 1.29 is 23.7 Å². The van der Waals surface area contributed by atoms with Gasteiger partial charge in [0.2, 0.25) is 0 Å². The van der Waals surface area contributed by atoms with Crippen molar-refractivity contribution in [2.75, 3.05) is 64.6 Å². The number of hydrogen-bond acceptors (Lipinski definition) is 7. The van der Waals surface area contributed by atoms with E-state index in [9.17, 15) is 0 Å². The summed E-state index contributed by atoms with van der Waals surface area (Å²) >= 11 is 6.01. The molecule has 220 valence electrons. The van der Waals surface area contributed by atoms with E-state index in [0.29, 0.717) is 37.4 Å². The first-order valence-electron chi connectivity index (χ1n) is 14.6. The molecule has 2 aliphatic rings. The zero-order chi connectivity index (χ0) is 28.3. The maximum atomic E-state index is 6.53. The molecule has 7 nitrogen and oxygen atoms in total. The highest BCUT2D eigenvalue weighted by molar-refractivity contribution is 6.30. The lowest BCUT2D eigenvalue weighted by Gasteiger charge is -2.33. The van der Waals surface area contributed by atoms with Gasteiger partial charge in [0.25, 0.3) is 0 Å². The Morgan fingerprint density at radius 1 is 0.951 bits per heavy atom. The number of rotatable bonds is 14. The minimum absolute atomic E-state index is 0.101. The average Bonchev–Trinajstić information content (AvgIpc) is 3.01. The van der Waals surface area contributed by atoms with Gasteiger partial charge in [-0.3, -0.25) is 0 Å². The van der Waals surface area contributed by atoms with E-state index in [1.54, 1.807) is 7.11 Å². The van der Waals surface area contributed by atoms with Crippen LogP contribution in [0.1, 0.15) is 36.3 Å². The second-order valence-corrected chi connectivity index (χ2v) is 10.9. The largest absolute Gasteiger partial charge is 0.493 e. The van der Waals surface area contributed by atoms with Crippen molar-refractivity contribution in [3.05, 3.63) is 82.9 Å². The van der Waals surface area contributed by atoms with Crippen molar-refractivity contribution in [1.29, 1.82) is 0 Å². The Kier molecular flexibility index (Phi) is 11.0. The van der Waals surface area contributed by atoms with Gasteiger partial charge in [-0.25, -0.2) is 0 Å². The quantitative estimate of drug-likeness (QED) is 0.232. The molecule has 1 fully saturated rings. The van der Waals surface area contributed by atoms with E-state index >= 15 is 0 Å². The third kappa shape index (κ3) is 8.52. The number of methoxy groups -OCH3 is 1. The number of nitrogens with one attached hydrogen (secondary N) is 1. The molecule has 1 N–H and O–H groups in total. The molecule has 0 saturated carbocycles. The highest BCUT2D eigenvalue weighted by Crippen LogP contribution is 2.34. The van der Waals surface area contributed by atoms with Gasteiger partial charge in [-0.15, -0.1) is 0 Å². The number of fused-ring (bicyclic) bond motifs is 1. The van der Waals surface area contributed by atoms with Crippen LogP contribution in [0.4, 0.5) is 5.69 Å². The summed E-state index contributed by atoms with van der Waals surface area (Å²) in [6, 6.07) is 22.4. The fourth-order valence-corrected chi connectivity index (χ4v) is 5.62. The first-order valence-corrected chi connectivity index (χ1v) is 15.0. The lowest BCUT2D eigenvalue weighted by Crippen LogP contribution is -2.41. The standard InChI is InChI=1S/C33H41ClN2O5/c1-37-17-3-15-36-16-20-40-32-12-7-25(21-31(32)36)24-41-33-23-35-14-13-30(33)26-8-10-28(11-9-26)38-18-4-19-39-29-6-2-5-27(34)22-29/h2,5-12,21-22,30,33,35H,3-4,13-20,23-24H2,1H3/t30-,33+/m1/s1. The molecule has 1 saturated heterocycles. The first-order chi connectivity index (χ1) is 20.2. The summed E-state index contributed by atoms with van der Waals surface area (Å²) in [6.07, 6.45) is 2.92. The van der Waals surface area contributed by atoms with Crippen LogP contribution in [0, 0.1) is 0 Å². The van der Waals surface area contributed by atoms with Crippen LogP contribution in [-0.4, -0.2) is 65.8 Å². The zero-order valence-corrected chi connectivity index (χ0v) is 24.6. The van der Waals surface area contributed by atoms with Crippen LogP contribution >= 0.6 is 11.6 Å². The first kappa shape index (κ1) is 29.5. The van der Waals surface area contributed by atoms with Gasteiger partial charge in [0.1, 0.15) is 23.9 Å². The van der Waals surface area contributed by atoms with Gasteiger partial charge in [0.05, 0.1) is 38.2 Å². The molecular formula is C33H41ClN2O5. The van der Waals surface area contributed by atoms with E-state index in [1.165, 1.54) is 11.1 Å². The van der Waals surface area contributed by atoms with E-state index in [1.807, 2.05) is 24.3 Å². The highest BCUT2D eigenvalue weighted by atomic mass is 35.5. The molecule has 0 radical (unpaired) electrons. The summed E-state index contributed by atoms with van der Waals surface area (Å²) in [5.41, 5.74) is 3.60. The summed E-state index contributed by atoms with van der Waals surface area (Å²) < 4.78 is 29.4. The topological polar surface area (TPSA) is 61.4 Å². The fourth-order valence-electron chi connectivity index (χ4n) is 5.44. The second-order valence-electron chi connectivity index (χ2n) is 10.5. The molecule has 2 heterocycles. The fraction of sp³-hybridized carbons (Fsp3) is 0.455. The van der Waals surface area contributed by atoms with Gasteiger partial charge >= 0.3 is 0 Å². The number of ether oxygens (including phenoxy) is 5. The Labute approximate surface area is 248 Å². The summed E-state index contributed by atoms with van der Waals surface area (Å²) in [5, 5.41) is 4.19. The third-order valence-corrected chi connectivity index (χ3v) is 7.82. The lowest BCUT2D eigenvalue weighted by atomic mass is 9.87. The van der Waals surface area contributed by atoms with Crippen LogP contribution in [0.3, 0.4) is 0 Å². The van der Waals surface area contributed by atoms with E-state index in [2.05, 4.69) is 52.7 Å². The Balaban J connectivity index is 1.11. The van der Waals surface area contributed by atoms with Crippen molar-refractivity contribution in [3.63, 3.8) is 0 Å². The van der Waals surface area contributed by atoms with Crippen LogP contribution in [0.15, 0.2) is 66.7 Å². The predicted octanol–water partition coefficient (Wildman–Crippen LogP) is 6.09. The van der Waals surface area contributed by atoms with E-state index < -0.39 is 0 Å². The maximum Gasteiger partial charge on any atom is 0.142 e. The molecule has 8 heteroatoms. The number of piperidine rings is 1. The van der Waals surface area contributed by atoms with E-state index in [-0.39, 0.29) is 6.10 Å². The molecule has 0 aliphatic carbocycles. The Hall–Kier alpha value is -2.97. The average molecular weight is 581 g/mol. The van der Waals surface area contributed by atoms with Crippen molar-refractivity contribution >= 4 is 17.3 Å². The van der Waals surface area contributed by atoms with Crippen LogP contribution in [0.5, 0.6) is 17.2 Å². The second kappa shape index (κ2) is 15.3. The minimum atomic E-state index is 0.101. The van der Waals surface area contributed by atoms with Gasteiger partial charge < -0.3 is 33.9 Å². The monoisotopic (exact) mass is 580 g/mol. The van der Waals surface area contributed by atoms with Crippen LogP contribution < -0.4 is 24.4 Å². The van der Waals surface area contributed by atoms with Gasteiger partial charge in [-0.05, 0) is 73.0 Å². The Bertz CT molecular complexity index is 1220.